The summed E-state index contributed by atoms with van der Waals surface area (Å²) >= 11 is 0. The summed E-state index contributed by atoms with van der Waals surface area (Å²) in [5.74, 6) is 1.36. The Morgan fingerprint density at radius 3 is 2.45 bits per heavy atom. The van der Waals surface area contributed by atoms with Crippen LogP contribution >= 0.6 is 24.0 Å². The number of aryl methyl sites for hydroxylation is 1. The molecule has 0 radical (unpaired) electrons. The lowest BCUT2D eigenvalue weighted by molar-refractivity contribution is 0.0513. The molecule has 0 spiro atoms. The van der Waals surface area contributed by atoms with Crippen LogP contribution in [0.1, 0.15) is 42.5 Å². The van der Waals surface area contributed by atoms with Gasteiger partial charge in [-0.1, -0.05) is 24.3 Å². The smallest absolute Gasteiger partial charge is 0.191 e. The average molecular weight is 541 g/mol. The Kier molecular flexibility index (Phi) is 9.55. The highest BCUT2D eigenvalue weighted by Crippen LogP contribution is 2.35. The van der Waals surface area contributed by atoms with Crippen molar-refractivity contribution in [2.75, 3.05) is 33.9 Å². The molecule has 2 N–H and O–H groups in total. The van der Waals surface area contributed by atoms with Crippen molar-refractivity contribution in [3.63, 3.8) is 0 Å². The molecule has 2 aromatic carbocycles. The summed E-state index contributed by atoms with van der Waals surface area (Å²) in [4.78, 5) is 4.38. The zero-order valence-electron chi connectivity index (χ0n) is 18.7. The molecule has 0 aliphatic carbocycles. The largest absolute Gasteiger partial charge is 0.497 e. The second kappa shape index (κ2) is 11.7. The van der Waals surface area contributed by atoms with Gasteiger partial charge in [0.05, 0.1) is 13.2 Å². The van der Waals surface area contributed by atoms with Crippen molar-refractivity contribution < 1.29 is 13.9 Å². The van der Waals surface area contributed by atoms with Crippen LogP contribution in [0.2, 0.25) is 0 Å². The summed E-state index contributed by atoms with van der Waals surface area (Å²) in [7, 11) is 3.43. The molecule has 1 unspecified atom stereocenters. The number of nitrogens with zero attached hydrogens (tertiary/aromatic N) is 1. The second-order valence-corrected chi connectivity index (χ2v) is 7.92. The van der Waals surface area contributed by atoms with E-state index in [2.05, 4.69) is 27.8 Å². The van der Waals surface area contributed by atoms with E-state index in [9.17, 15) is 4.39 Å². The fourth-order valence-electron chi connectivity index (χ4n) is 3.89. The fourth-order valence-corrected chi connectivity index (χ4v) is 3.89. The van der Waals surface area contributed by atoms with Gasteiger partial charge in [0.2, 0.25) is 0 Å². The first-order valence-corrected chi connectivity index (χ1v) is 10.4. The first-order valence-electron chi connectivity index (χ1n) is 10.4. The lowest BCUT2D eigenvalue weighted by atomic mass is 9.74. The molecule has 2 aromatic rings. The van der Waals surface area contributed by atoms with E-state index >= 15 is 0 Å². The average Bonchev–Trinajstić information content (AvgIpc) is 2.79. The van der Waals surface area contributed by atoms with Crippen LogP contribution in [-0.2, 0) is 10.2 Å². The molecule has 1 heterocycles. The molecule has 170 valence electrons. The highest BCUT2D eigenvalue weighted by Gasteiger charge is 2.34. The summed E-state index contributed by atoms with van der Waals surface area (Å²) in [6.07, 6.45) is 1.87. The SMILES string of the molecule is CN=C(NCC1(c2ccc(OC)cc2)CCOCC1)NC(C)c1ccc(C)c(F)c1.I. The minimum Gasteiger partial charge on any atom is -0.497 e. The molecule has 31 heavy (non-hydrogen) atoms. The number of ether oxygens (including phenoxy) is 2. The van der Waals surface area contributed by atoms with Gasteiger partial charge in [0, 0.05) is 32.2 Å². The van der Waals surface area contributed by atoms with Crippen molar-refractivity contribution in [3.05, 3.63) is 65.0 Å². The standard InChI is InChI=1S/C24H32FN3O2.HI/c1-17-5-6-19(15-22(17)25)18(2)28-23(26-3)27-16-24(11-13-30-14-12-24)20-7-9-21(29-4)10-8-20;/h5-10,15,18H,11-14,16H2,1-4H3,(H2,26,27,28);1H. The molecule has 7 heteroatoms. The predicted octanol–water partition coefficient (Wildman–Crippen LogP) is 4.74. The molecule has 0 aromatic heterocycles. The molecular weight excluding hydrogens is 508 g/mol. The van der Waals surface area contributed by atoms with Crippen LogP contribution in [-0.4, -0.2) is 39.9 Å². The van der Waals surface area contributed by atoms with Gasteiger partial charge in [-0.05, 0) is 61.6 Å². The molecule has 0 amide bonds. The Morgan fingerprint density at radius 2 is 1.87 bits per heavy atom. The lowest BCUT2D eigenvalue weighted by Gasteiger charge is -2.38. The number of benzene rings is 2. The van der Waals surface area contributed by atoms with Gasteiger partial charge >= 0.3 is 0 Å². The van der Waals surface area contributed by atoms with Gasteiger partial charge in [-0.25, -0.2) is 4.39 Å². The van der Waals surface area contributed by atoms with Gasteiger partial charge < -0.3 is 20.1 Å². The van der Waals surface area contributed by atoms with Crippen molar-refractivity contribution in [2.45, 2.75) is 38.1 Å². The highest BCUT2D eigenvalue weighted by atomic mass is 127. The van der Waals surface area contributed by atoms with Crippen molar-refractivity contribution >= 4 is 29.9 Å². The van der Waals surface area contributed by atoms with E-state index in [4.69, 9.17) is 9.47 Å². The number of nitrogens with one attached hydrogen (secondary N) is 2. The molecule has 1 fully saturated rings. The molecule has 1 atom stereocenters. The zero-order chi connectivity index (χ0) is 21.6. The third-order valence-electron chi connectivity index (χ3n) is 6.02. The Balaban J connectivity index is 0.00000341. The van der Waals surface area contributed by atoms with E-state index in [1.54, 1.807) is 33.2 Å². The summed E-state index contributed by atoms with van der Waals surface area (Å²) in [6, 6.07) is 13.6. The van der Waals surface area contributed by atoms with Crippen molar-refractivity contribution in [1.82, 2.24) is 10.6 Å². The van der Waals surface area contributed by atoms with Crippen molar-refractivity contribution in [1.29, 1.82) is 0 Å². The maximum atomic E-state index is 13.9. The van der Waals surface area contributed by atoms with E-state index in [1.165, 1.54) is 5.56 Å². The van der Waals surface area contributed by atoms with Gasteiger partial charge in [0.25, 0.3) is 0 Å². The minimum absolute atomic E-state index is 0. The van der Waals surface area contributed by atoms with E-state index in [0.717, 1.165) is 43.9 Å². The van der Waals surface area contributed by atoms with Gasteiger partial charge in [-0.2, -0.15) is 0 Å². The second-order valence-electron chi connectivity index (χ2n) is 7.92. The Morgan fingerprint density at radius 1 is 1.19 bits per heavy atom. The highest BCUT2D eigenvalue weighted by molar-refractivity contribution is 14.0. The van der Waals surface area contributed by atoms with Crippen LogP contribution < -0.4 is 15.4 Å². The Hall–Kier alpha value is -1.87. The molecule has 3 rings (SSSR count). The topological polar surface area (TPSA) is 54.9 Å². The molecular formula is C24H33FIN3O2. The lowest BCUT2D eigenvalue weighted by Crippen LogP contribution is -2.48. The first-order chi connectivity index (χ1) is 14.5. The number of aliphatic imine (C=N–C) groups is 1. The number of rotatable bonds is 6. The van der Waals surface area contributed by atoms with Crippen LogP contribution in [0.25, 0.3) is 0 Å². The van der Waals surface area contributed by atoms with Crippen LogP contribution in [0.3, 0.4) is 0 Å². The third kappa shape index (κ3) is 6.32. The molecule has 0 bridgehead atoms. The van der Waals surface area contributed by atoms with E-state index in [0.29, 0.717) is 11.5 Å². The van der Waals surface area contributed by atoms with Crippen LogP contribution in [0.15, 0.2) is 47.5 Å². The monoisotopic (exact) mass is 541 g/mol. The maximum absolute atomic E-state index is 13.9. The summed E-state index contributed by atoms with van der Waals surface area (Å²) in [5, 5.41) is 6.87. The molecule has 1 aliphatic rings. The van der Waals surface area contributed by atoms with E-state index in [-0.39, 0.29) is 41.3 Å². The Labute approximate surface area is 201 Å². The van der Waals surface area contributed by atoms with Gasteiger partial charge in [-0.15, -0.1) is 24.0 Å². The third-order valence-corrected chi connectivity index (χ3v) is 6.02. The number of guanidine groups is 1. The van der Waals surface area contributed by atoms with Crippen LogP contribution in [0.4, 0.5) is 4.39 Å². The number of methoxy groups -OCH3 is 1. The van der Waals surface area contributed by atoms with Crippen LogP contribution in [0.5, 0.6) is 5.75 Å². The Bertz CT molecular complexity index is 868. The summed E-state index contributed by atoms with van der Waals surface area (Å²) < 4.78 is 24.9. The number of hydrogen-bond acceptors (Lipinski definition) is 3. The maximum Gasteiger partial charge on any atom is 0.191 e. The normalized spacial score (nSPS) is 16.7. The van der Waals surface area contributed by atoms with E-state index < -0.39 is 0 Å². The van der Waals surface area contributed by atoms with Crippen molar-refractivity contribution in [2.24, 2.45) is 4.99 Å². The molecule has 1 aliphatic heterocycles. The van der Waals surface area contributed by atoms with Crippen molar-refractivity contribution in [3.8, 4) is 5.75 Å². The van der Waals surface area contributed by atoms with Gasteiger partial charge in [-0.3, -0.25) is 4.99 Å². The van der Waals surface area contributed by atoms with Crippen LogP contribution in [0, 0.1) is 12.7 Å². The quantitative estimate of drug-likeness (QED) is 0.316. The summed E-state index contributed by atoms with van der Waals surface area (Å²) in [5.41, 5.74) is 2.76. The van der Waals surface area contributed by atoms with Gasteiger partial charge in [0.15, 0.2) is 5.96 Å². The molecule has 1 saturated heterocycles. The number of halogens is 2. The van der Waals surface area contributed by atoms with Gasteiger partial charge in [0.1, 0.15) is 11.6 Å². The number of hydrogen-bond donors (Lipinski definition) is 2. The molecule has 5 nitrogen and oxygen atoms in total. The predicted molar refractivity (Wildman–Crippen MR) is 134 cm³/mol. The molecule has 0 saturated carbocycles. The van der Waals surface area contributed by atoms with E-state index in [1.807, 2.05) is 25.1 Å². The first kappa shape index (κ1) is 25.4. The zero-order valence-corrected chi connectivity index (χ0v) is 21.0. The fraction of sp³-hybridized carbons (Fsp3) is 0.458. The summed E-state index contributed by atoms with van der Waals surface area (Å²) in [6.45, 7) is 5.98. The minimum atomic E-state index is -0.190.